The lowest BCUT2D eigenvalue weighted by Crippen LogP contribution is -2.33. The maximum absolute atomic E-state index is 11.9. The Morgan fingerprint density at radius 3 is 2.79 bits per heavy atom. The van der Waals surface area contributed by atoms with Crippen LogP contribution in [0, 0.1) is 5.92 Å². The number of ether oxygens (including phenoxy) is 1. The topological polar surface area (TPSA) is 66.8 Å². The van der Waals surface area contributed by atoms with Crippen molar-refractivity contribution in [1.82, 2.24) is 4.90 Å². The molecule has 6 heteroatoms. The highest BCUT2D eigenvalue weighted by atomic mass is 79.9. The van der Waals surface area contributed by atoms with Gasteiger partial charge in [0.05, 0.1) is 10.4 Å². The standard InChI is InChI=1S/C13H14BrNO4/c14-10-3-1-2-4-11(10)19-8-12(16)15-6-5-9(7-15)13(17)18/h1-4,9H,5-8H2,(H,17,18). The highest BCUT2D eigenvalue weighted by Gasteiger charge is 2.30. The number of rotatable bonds is 4. The maximum atomic E-state index is 11.9. The van der Waals surface area contributed by atoms with Crippen molar-refractivity contribution in [1.29, 1.82) is 0 Å². The van der Waals surface area contributed by atoms with E-state index in [-0.39, 0.29) is 19.1 Å². The summed E-state index contributed by atoms with van der Waals surface area (Å²) in [7, 11) is 0. The van der Waals surface area contributed by atoms with Crippen molar-refractivity contribution in [2.45, 2.75) is 6.42 Å². The van der Waals surface area contributed by atoms with E-state index in [1.807, 2.05) is 18.2 Å². The molecule has 0 radical (unpaired) electrons. The van der Waals surface area contributed by atoms with Gasteiger partial charge in [-0.15, -0.1) is 0 Å². The molecule has 1 N–H and O–H groups in total. The summed E-state index contributed by atoms with van der Waals surface area (Å²) in [5.41, 5.74) is 0. The molecule has 0 spiro atoms. The van der Waals surface area contributed by atoms with Crippen molar-refractivity contribution in [2.24, 2.45) is 5.92 Å². The Morgan fingerprint density at radius 2 is 2.16 bits per heavy atom. The van der Waals surface area contributed by atoms with Crippen molar-refractivity contribution >= 4 is 27.8 Å². The molecule has 1 aliphatic rings. The van der Waals surface area contributed by atoms with E-state index in [0.717, 1.165) is 4.47 Å². The first-order chi connectivity index (χ1) is 9.08. The molecule has 1 aliphatic heterocycles. The van der Waals surface area contributed by atoms with Gasteiger partial charge in [-0.1, -0.05) is 12.1 Å². The molecule has 0 bridgehead atoms. The molecular formula is C13H14BrNO4. The summed E-state index contributed by atoms with van der Waals surface area (Å²) < 4.78 is 6.21. The summed E-state index contributed by atoms with van der Waals surface area (Å²) in [4.78, 5) is 24.2. The van der Waals surface area contributed by atoms with Crippen LogP contribution in [0.25, 0.3) is 0 Å². The Kier molecular flexibility index (Phi) is 4.42. The first-order valence-electron chi connectivity index (χ1n) is 5.96. The normalized spacial score (nSPS) is 18.4. The van der Waals surface area contributed by atoms with Crippen molar-refractivity contribution in [3.05, 3.63) is 28.7 Å². The molecule has 1 aromatic rings. The predicted molar refractivity (Wildman–Crippen MR) is 72.0 cm³/mol. The fraction of sp³-hybridized carbons (Fsp3) is 0.385. The number of carbonyl (C=O) groups is 2. The third-order valence-electron chi connectivity index (χ3n) is 3.08. The summed E-state index contributed by atoms with van der Waals surface area (Å²) in [6, 6.07) is 7.27. The molecule has 102 valence electrons. The van der Waals surface area contributed by atoms with Crippen LogP contribution in [0.3, 0.4) is 0 Å². The van der Waals surface area contributed by atoms with Crippen LogP contribution in [0.15, 0.2) is 28.7 Å². The molecule has 0 aromatic heterocycles. The SMILES string of the molecule is O=C(O)C1CCN(C(=O)COc2ccccc2Br)C1. The average Bonchev–Trinajstić information content (AvgIpc) is 2.87. The number of hydrogen-bond acceptors (Lipinski definition) is 3. The predicted octanol–water partition coefficient (Wildman–Crippen LogP) is 1.76. The summed E-state index contributed by atoms with van der Waals surface area (Å²) in [5.74, 6) is -0.876. The summed E-state index contributed by atoms with van der Waals surface area (Å²) in [5, 5.41) is 8.88. The lowest BCUT2D eigenvalue weighted by molar-refractivity contribution is -0.141. The van der Waals surface area contributed by atoms with Crippen molar-refractivity contribution in [3.63, 3.8) is 0 Å². The first-order valence-corrected chi connectivity index (χ1v) is 6.75. The van der Waals surface area contributed by atoms with E-state index in [0.29, 0.717) is 18.7 Å². The van der Waals surface area contributed by atoms with E-state index in [9.17, 15) is 9.59 Å². The lowest BCUT2D eigenvalue weighted by atomic mass is 10.1. The third kappa shape index (κ3) is 3.47. The van der Waals surface area contributed by atoms with Crippen LogP contribution in [-0.2, 0) is 9.59 Å². The number of nitrogens with zero attached hydrogens (tertiary/aromatic N) is 1. The van der Waals surface area contributed by atoms with Gasteiger partial charge in [0.2, 0.25) is 0 Å². The highest BCUT2D eigenvalue weighted by molar-refractivity contribution is 9.10. The molecule has 1 heterocycles. The van der Waals surface area contributed by atoms with E-state index >= 15 is 0 Å². The number of benzene rings is 1. The molecular weight excluding hydrogens is 314 g/mol. The van der Waals surface area contributed by atoms with E-state index in [2.05, 4.69) is 15.9 Å². The number of carboxylic acid groups (broad SMARTS) is 1. The van der Waals surface area contributed by atoms with Crippen LogP contribution in [0.2, 0.25) is 0 Å². The third-order valence-corrected chi connectivity index (χ3v) is 3.73. The van der Waals surface area contributed by atoms with Gasteiger partial charge < -0.3 is 14.7 Å². The first kappa shape index (κ1) is 13.9. The average molecular weight is 328 g/mol. The van der Waals surface area contributed by atoms with E-state index in [4.69, 9.17) is 9.84 Å². The van der Waals surface area contributed by atoms with Gasteiger partial charge >= 0.3 is 5.97 Å². The van der Waals surface area contributed by atoms with Crippen molar-refractivity contribution < 1.29 is 19.4 Å². The molecule has 19 heavy (non-hydrogen) atoms. The number of carbonyl (C=O) groups excluding carboxylic acids is 1. The fourth-order valence-electron chi connectivity index (χ4n) is 1.98. The number of para-hydroxylation sites is 1. The quantitative estimate of drug-likeness (QED) is 0.915. The lowest BCUT2D eigenvalue weighted by Gasteiger charge is -2.16. The number of aliphatic carboxylic acids is 1. The van der Waals surface area contributed by atoms with Crippen molar-refractivity contribution in [3.8, 4) is 5.75 Å². The van der Waals surface area contributed by atoms with Gasteiger partial charge in [-0.3, -0.25) is 9.59 Å². The van der Waals surface area contributed by atoms with Gasteiger partial charge in [-0.2, -0.15) is 0 Å². The minimum atomic E-state index is -0.845. The largest absolute Gasteiger partial charge is 0.483 e. The smallest absolute Gasteiger partial charge is 0.308 e. The Morgan fingerprint density at radius 1 is 1.42 bits per heavy atom. The van der Waals surface area contributed by atoms with Gasteiger partial charge in [-0.25, -0.2) is 0 Å². The Balaban J connectivity index is 1.86. The van der Waals surface area contributed by atoms with Gasteiger partial charge in [-0.05, 0) is 34.5 Å². The molecule has 1 aromatic carbocycles. The van der Waals surface area contributed by atoms with Crippen LogP contribution >= 0.6 is 15.9 Å². The maximum Gasteiger partial charge on any atom is 0.308 e. The zero-order valence-electron chi connectivity index (χ0n) is 10.2. The second-order valence-electron chi connectivity index (χ2n) is 4.38. The zero-order valence-corrected chi connectivity index (χ0v) is 11.8. The summed E-state index contributed by atoms with van der Waals surface area (Å²) in [6.07, 6.45) is 0.510. The molecule has 1 amide bonds. The van der Waals surface area contributed by atoms with Gasteiger partial charge in [0.1, 0.15) is 5.75 Å². The number of hydrogen-bond donors (Lipinski definition) is 1. The number of amides is 1. The Bertz CT molecular complexity index is 491. The zero-order chi connectivity index (χ0) is 13.8. The second-order valence-corrected chi connectivity index (χ2v) is 5.24. The molecule has 1 fully saturated rings. The molecule has 0 saturated carbocycles. The summed E-state index contributed by atoms with van der Waals surface area (Å²) in [6.45, 7) is 0.678. The van der Waals surface area contributed by atoms with Gasteiger partial charge in [0.25, 0.3) is 5.91 Å². The van der Waals surface area contributed by atoms with Crippen LogP contribution in [-0.4, -0.2) is 41.6 Å². The van der Waals surface area contributed by atoms with Crippen LogP contribution in [0.1, 0.15) is 6.42 Å². The van der Waals surface area contributed by atoms with E-state index < -0.39 is 11.9 Å². The van der Waals surface area contributed by atoms with Crippen LogP contribution in [0.4, 0.5) is 0 Å². The molecule has 0 aliphatic carbocycles. The van der Waals surface area contributed by atoms with Crippen LogP contribution in [0.5, 0.6) is 5.75 Å². The fourth-order valence-corrected chi connectivity index (χ4v) is 2.38. The Labute approximate surface area is 119 Å². The molecule has 1 unspecified atom stereocenters. The second kappa shape index (κ2) is 6.06. The monoisotopic (exact) mass is 327 g/mol. The highest BCUT2D eigenvalue weighted by Crippen LogP contribution is 2.24. The number of carboxylic acids is 1. The van der Waals surface area contributed by atoms with Crippen LogP contribution < -0.4 is 4.74 Å². The Hall–Kier alpha value is -1.56. The van der Waals surface area contributed by atoms with Crippen molar-refractivity contribution in [2.75, 3.05) is 19.7 Å². The summed E-state index contributed by atoms with van der Waals surface area (Å²) >= 11 is 3.33. The minimum Gasteiger partial charge on any atom is -0.483 e. The number of likely N-dealkylation sites (tertiary alicyclic amines) is 1. The van der Waals surface area contributed by atoms with E-state index in [1.165, 1.54) is 4.90 Å². The molecule has 1 saturated heterocycles. The number of halogens is 1. The molecule has 2 rings (SSSR count). The van der Waals surface area contributed by atoms with E-state index in [1.54, 1.807) is 6.07 Å². The minimum absolute atomic E-state index is 0.0745. The van der Waals surface area contributed by atoms with Gasteiger partial charge in [0, 0.05) is 13.1 Å². The molecule has 1 atom stereocenters. The van der Waals surface area contributed by atoms with Gasteiger partial charge in [0.15, 0.2) is 6.61 Å². The molecule has 5 nitrogen and oxygen atoms in total.